The third-order valence-electron chi connectivity index (χ3n) is 3.98. The van der Waals surface area contributed by atoms with E-state index < -0.39 is 0 Å². The Hall–Kier alpha value is -1.08. The lowest BCUT2D eigenvalue weighted by atomic mass is 9.74. The van der Waals surface area contributed by atoms with Gasteiger partial charge < -0.3 is 0 Å². The predicted octanol–water partition coefficient (Wildman–Crippen LogP) is 5.08. The zero-order valence-electron chi connectivity index (χ0n) is 10.8. The second-order valence-electron chi connectivity index (χ2n) is 5.27. The molecular weight excluding hydrogens is 284 g/mol. The molecule has 0 radical (unpaired) electrons. The summed E-state index contributed by atoms with van der Waals surface area (Å²) < 4.78 is 0. The molecule has 0 N–H and O–H groups in total. The highest BCUT2D eigenvalue weighted by atomic mass is 79.9. The first kappa shape index (κ1) is 12.0. The minimum absolute atomic E-state index is 0.437. The second kappa shape index (κ2) is 4.55. The van der Waals surface area contributed by atoms with Gasteiger partial charge in [-0.1, -0.05) is 64.0 Å². The van der Waals surface area contributed by atoms with Crippen LogP contribution in [-0.2, 0) is 6.42 Å². The molecule has 3 rings (SSSR count). The number of benzene rings is 2. The maximum atomic E-state index is 3.92. The molecule has 18 heavy (non-hydrogen) atoms. The minimum Gasteiger partial charge on any atom is -0.0832 e. The molecule has 0 spiro atoms. The van der Waals surface area contributed by atoms with Crippen molar-refractivity contribution >= 4 is 15.9 Å². The van der Waals surface area contributed by atoms with Crippen molar-refractivity contribution in [2.45, 2.75) is 31.0 Å². The van der Waals surface area contributed by atoms with Crippen molar-refractivity contribution in [2.24, 2.45) is 0 Å². The fraction of sp³-hybridized carbons (Fsp3) is 0.294. The third-order valence-corrected chi connectivity index (χ3v) is 5.11. The monoisotopic (exact) mass is 300 g/mol. The van der Waals surface area contributed by atoms with Crippen molar-refractivity contribution in [3.8, 4) is 0 Å². The summed E-state index contributed by atoms with van der Waals surface area (Å²) >= 11 is 3.92. The standard InChI is InChI=1S/C17H17Br/c1-11-7-8-12(2)15(9-11)17(18)16-10-13-5-3-4-6-14(13)16/h3-9,16-17H,10H2,1-2H3. The summed E-state index contributed by atoms with van der Waals surface area (Å²) in [6.45, 7) is 4.37. The van der Waals surface area contributed by atoms with Gasteiger partial charge in [0.25, 0.3) is 0 Å². The molecule has 2 aromatic carbocycles. The fourth-order valence-corrected chi connectivity index (χ4v) is 3.80. The summed E-state index contributed by atoms with van der Waals surface area (Å²) in [5, 5.41) is 0. The first-order valence-electron chi connectivity index (χ1n) is 6.46. The largest absolute Gasteiger partial charge is 0.0832 e. The van der Waals surface area contributed by atoms with Crippen LogP contribution >= 0.6 is 15.9 Å². The predicted molar refractivity (Wildman–Crippen MR) is 80.5 cm³/mol. The van der Waals surface area contributed by atoms with E-state index in [2.05, 4.69) is 72.2 Å². The summed E-state index contributed by atoms with van der Waals surface area (Å²) in [7, 11) is 0. The first-order valence-corrected chi connectivity index (χ1v) is 7.37. The van der Waals surface area contributed by atoms with Crippen molar-refractivity contribution < 1.29 is 0 Å². The molecule has 0 saturated carbocycles. The highest BCUT2D eigenvalue weighted by molar-refractivity contribution is 9.09. The molecule has 2 atom stereocenters. The Morgan fingerprint density at radius 2 is 1.89 bits per heavy atom. The van der Waals surface area contributed by atoms with Crippen molar-refractivity contribution in [3.05, 3.63) is 70.3 Å². The van der Waals surface area contributed by atoms with E-state index in [1.807, 2.05) is 0 Å². The molecular formula is C17H17Br. The number of aryl methyl sites for hydroxylation is 2. The summed E-state index contributed by atoms with van der Waals surface area (Å²) in [6.07, 6.45) is 1.19. The van der Waals surface area contributed by atoms with Crippen LogP contribution in [0.3, 0.4) is 0 Å². The van der Waals surface area contributed by atoms with Gasteiger partial charge in [0, 0.05) is 10.7 Å². The van der Waals surface area contributed by atoms with Crippen LogP contribution in [0.5, 0.6) is 0 Å². The highest BCUT2D eigenvalue weighted by Gasteiger charge is 2.32. The zero-order chi connectivity index (χ0) is 12.7. The van der Waals surface area contributed by atoms with Gasteiger partial charge in [0.15, 0.2) is 0 Å². The maximum Gasteiger partial charge on any atom is 0.0469 e. The van der Waals surface area contributed by atoms with Crippen LogP contribution in [0.15, 0.2) is 42.5 Å². The van der Waals surface area contributed by atoms with Crippen molar-refractivity contribution in [2.75, 3.05) is 0 Å². The molecule has 0 fully saturated rings. The highest BCUT2D eigenvalue weighted by Crippen LogP contribution is 2.48. The van der Waals surface area contributed by atoms with E-state index in [-0.39, 0.29) is 0 Å². The molecule has 0 saturated heterocycles. The van der Waals surface area contributed by atoms with E-state index >= 15 is 0 Å². The molecule has 1 aliphatic carbocycles. The van der Waals surface area contributed by atoms with Crippen LogP contribution in [0.25, 0.3) is 0 Å². The van der Waals surface area contributed by atoms with E-state index in [0.717, 1.165) is 0 Å². The van der Waals surface area contributed by atoms with Gasteiger partial charge in [0.2, 0.25) is 0 Å². The number of rotatable bonds is 2. The normalized spacial score (nSPS) is 18.9. The lowest BCUT2D eigenvalue weighted by Crippen LogP contribution is -2.21. The van der Waals surface area contributed by atoms with Crippen molar-refractivity contribution in [3.63, 3.8) is 0 Å². The summed E-state index contributed by atoms with van der Waals surface area (Å²) in [4.78, 5) is 0.437. The van der Waals surface area contributed by atoms with Crippen LogP contribution in [0.2, 0.25) is 0 Å². The molecule has 2 aromatic rings. The van der Waals surface area contributed by atoms with E-state index in [4.69, 9.17) is 0 Å². The molecule has 0 nitrogen and oxygen atoms in total. The molecule has 1 aliphatic rings. The topological polar surface area (TPSA) is 0 Å². The number of hydrogen-bond donors (Lipinski definition) is 0. The van der Waals surface area contributed by atoms with Gasteiger partial charge in [-0.25, -0.2) is 0 Å². The van der Waals surface area contributed by atoms with E-state index in [1.165, 1.54) is 34.2 Å². The van der Waals surface area contributed by atoms with Crippen LogP contribution in [0.1, 0.15) is 38.6 Å². The number of hydrogen-bond acceptors (Lipinski definition) is 0. The van der Waals surface area contributed by atoms with Gasteiger partial charge in [-0.3, -0.25) is 0 Å². The number of alkyl halides is 1. The van der Waals surface area contributed by atoms with E-state index in [0.29, 0.717) is 10.7 Å². The van der Waals surface area contributed by atoms with Crippen LogP contribution in [0, 0.1) is 13.8 Å². The van der Waals surface area contributed by atoms with Crippen LogP contribution in [0.4, 0.5) is 0 Å². The Kier molecular flexibility index (Phi) is 3.03. The zero-order valence-corrected chi connectivity index (χ0v) is 12.4. The molecule has 0 heterocycles. The average molecular weight is 301 g/mol. The molecule has 0 amide bonds. The Bertz CT molecular complexity index is 586. The van der Waals surface area contributed by atoms with Crippen LogP contribution in [-0.4, -0.2) is 0 Å². The van der Waals surface area contributed by atoms with Gasteiger partial charge in [0.05, 0.1) is 0 Å². The first-order chi connectivity index (χ1) is 8.66. The molecule has 92 valence electrons. The summed E-state index contributed by atoms with van der Waals surface area (Å²) in [5.74, 6) is 0.627. The van der Waals surface area contributed by atoms with Gasteiger partial charge >= 0.3 is 0 Å². The van der Waals surface area contributed by atoms with Gasteiger partial charge in [-0.2, -0.15) is 0 Å². The van der Waals surface area contributed by atoms with Crippen molar-refractivity contribution in [1.29, 1.82) is 0 Å². The average Bonchev–Trinajstić information content (AvgIpc) is 2.33. The molecule has 0 aliphatic heterocycles. The number of fused-ring (bicyclic) bond motifs is 1. The molecule has 1 heteroatoms. The van der Waals surface area contributed by atoms with E-state index in [9.17, 15) is 0 Å². The van der Waals surface area contributed by atoms with Gasteiger partial charge in [-0.15, -0.1) is 0 Å². The Morgan fingerprint density at radius 3 is 2.67 bits per heavy atom. The summed E-state index contributed by atoms with van der Waals surface area (Å²) in [6, 6.07) is 15.5. The van der Waals surface area contributed by atoms with Crippen LogP contribution < -0.4 is 0 Å². The van der Waals surface area contributed by atoms with Crippen molar-refractivity contribution in [1.82, 2.24) is 0 Å². The Morgan fingerprint density at radius 1 is 1.11 bits per heavy atom. The SMILES string of the molecule is Cc1ccc(C)c(C(Br)C2Cc3ccccc32)c1. The smallest absolute Gasteiger partial charge is 0.0469 e. The molecule has 2 unspecified atom stereocenters. The van der Waals surface area contributed by atoms with Gasteiger partial charge in [-0.05, 0) is 42.5 Å². The van der Waals surface area contributed by atoms with E-state index in [1.54, 1.807) is 0 Å². The Labute approximate surface area is 117 Å². The minimum atomic E-state index is 0.437. The number of halogens is 1. The second-order valence-corrected chi connectivity index (χ2v) is 6.26. The summed E-state index contributed by atoms with van der Waals surface area (Å²) in [5.41, 5.74) is 7.19. The Balaban J connectivity index is 1.93. The molecule has 0 aromatic heterocycles. The quantitative estimate of drug-likeness (QED) is 0.679. The third kappa shape index (κ3) is 1.91. The lowest BCUT2D eigenvalue weighted by molar-refractivity contribution is 0.598. The molecule has 0 bridgehead atoms. The maximum absolute atomic E-state index is 3.92. The van der Waals surface area contributed by atoms with Gasteiger partial charge in [0.1, 0.15) is 0 Å². The lowest BCUT2D eigenvalue weighted by Gasteiger charge is -2.34. The fourth-order valence-electron chi connectivity index (χ4n) is 2.83.